The Balaban J connectivity index is 2.19. The number of nitrogens with zero attached hydrogens (tertiary/aromatic N) is 1. The number of sulfonamides is 1. The van der Waals surface area contributed by atoms with E-state index in [2.05, 4.69) is 5.32 Å². The maximum atomic E-state index is 12.4. The quantitative estimate of drug-likeness (QED) is 0.903. The molecular formula is C18H22N2O3S. The summed E-state index contributed by atoms with van der Waals surface area (Å²) < 4.78 is 26.1. The maximum absolute atomic E-state index is 12.4. The van der Waals surface area contributed by atoms with E-state index in [4.69, 9.17) is 0 Å². The molecule has 2 aromatic rings. The molecule has 0 unspecified atom stereocenters. The monoisotopic (exact) mass is 346 g/mol. The van der Waals surface area contributed by atoms with E-state index in [1.807, 2.05) is 25.1 Å². The SMILES string of the molecule is Cc1cccc(NC(=O)c2ccc(S(=O)(=O)N(C)C(C)C)cc2)c1. The van der Waals surface area contributed by atoms with Crippen molar-refractivity contribution in [2.75, 3.05) is 12.4 Å². The van der Waals surface area contributed by atoms with Crippen molar-refractivity contribution in [2.24, 2.45) is 0 Å². The lowest BCUT2D eigenvalue weighted by molar-refractivity contribution is 0.102. The predicted octanol–water partition coefficient (Wildman–Crippen LogP) is 3.28. The molecule has 0 fully saturated rings. The first-order valence-corrected chi connectivity index (χ1v) is 9.12. The molecule has 0 aliphatic rings. The largest absolute Gasteiger partial charge is 0.322 e. The summed E-state index contributed by atoms with van der Waals surface area (Å²) in [5.74, 6) is -0.276. The highest BCUT2D eigenvalue weighted by Gasteiger charge is 2.23. The first kappa shape index (κ1) is 18.2. The second-order valence-electron chi connectivity index (χ2n) is 5.96. The fourth-order valence-corrected chi connectivity index (χ4v) is 3.52. The van der Waals surface area contributed by atoms with E-state index in [1.54, 1.807) is 27.0 Å². The normalized spacial score (nSPS) is 11.8. The second-order valence-corrected chi connectivity index (χ2v) is 7.96. The zero-order valence-electron chi connectivity index (χ0n) is 14.3. The highest BCUT2D eigenvalue weighted by Crippen LogP contribution is 2.18. The highest BCUT2D eigenvalue weighted by atomic mass is 32.2. The summed E-state index contributed by atoms with van der Waals surface area (Å²) in [6, 6.07) is 13.3. The third-order valence-electron chi connectivity index (χ3n) is 3.80. The van der Waals surface area contributed by atoms with Gasteiger partial charge >= 0.3 is 0 Å². The van der Waals surface area contributed by atoms with Crippen LogP contribution in [0.1, 0.15) is 29.8 Å². The molecular weight excluding hydrogens is 324 g/mol. The summed E-state index contributed by atoms with van der Waals surface area (Å²) in [7, 11) is -2.00. The number of carbonyl (C=O) groups excluding carboxylic acids is 1. The van der Waals surface area contributed by atoms with Gasteiger partial charge in [0, 0.05) is 24.3 Å². The number of carbonyl (C=O) groups is 1. The molecule has 0 saturated carbocycles. The molecule has 0 aromatic heterocycles. The first-order valence-electron chi connectivity index (χ1n) is 7.68. The lowest BCUT2D eigenvalue weighted by atomic mass is 10.2. The molecule has 1 N–H and O–H groups in total. The number of amides is 1. The number of benzene rings is 2. The van der Waals surface area contributed by atoms with Crippen LogP contribution in [0.2, 0.25) is 0 Å². The van der Waals surface area contributed by atoms with Gasteiger partial charge in [0.2, 0.25) is 10.0 Å². The van der Waals surface area contributed by atoms with Crippen molar-refractivity contribution in [3.63, 3.8) is 0 Å². The lowest BCUT2D eigenvalue weighted by Gasteiger charge is -2.21. The predicted molar refractivity (Wildman–Crippen MR) is 95.7 cm³/mol. The fraction of sp³-hybridized carbons (Fsp3) is 0.278. The van der Waals surface area contributed by atoms with Gasteiger partial charge in [-0.2, -0.15) is 4.31 Å². The molecule has 6 heteroatoms. The molecule has 5 nitrogen and oxygen atoms in total. The van der Waals surface area contributed by atoms with Crippen LogP contribution in [0.15, 0.2) is 53.4 Å². The van der Waals surface area contributed by atoms with E-state index < -0.39 is 10.0 Å². The van der Waals surface area contributed by atoms with Crippen LogP contribution in [-0.2, 0) is 10.0 Å². The zero-order valence-corrected chi connectivity index (χ0v) is 15.1. The fourth-order valence-electron chi connectivity index (χ4n) is 2.15. The summed E-state index contributed by atoms with van der Waals surface area (Å²) in [6.07, 6.45) is 0. The van der Waals surface area contributed by atoms with E-state index >= 15 is 0 Å². The number of nitrogens with one attached hydrogen (secondary N) is 1. The van der Waals surface area contributed by atoms with Gasteiger partial charge in [-0.3, -0.25) is 4.79 Å². The molecule has 0 heterocycles. The van der Waals surface area contributed by atoms with E-state index in [1.165, 1.54) is 28.6 Å². The molecule has 24 heavy (non-hydrogen) atoms. The summed E-state index contributed by atoms with van der Waals surface area (Å²) in [5, 5.41) is 2.80. The van der Waals surface area contributed by atoms with Gasteiger partial charge in [0.15, 0.2) is 0 Å². The van der Waals surface area contributed by atoms with Crippen LogP contribution in [0.4, 0.5) is 5.69 Å². The second kappa shape index (κ2) is 7.15. The standard InChI is InChI=1S/C18H22N2O3S/c1-13(2)20(4)24(22,23)17-10-8-15(9-11-17)18(21)19-16-7-5-6-14(3)12-16/h5-13H,1-4H3,(H,19,21). The number of hydrogen-bond donors (Lipinski definition) is 1. The molecule has 0 bridgehead atoms. The number of rotatable bonds is 5. The third-order valence-corrected chi connectivity index (χ3v) is 5.84. The minimum atomic E-state index is -3.54. The van der Waals surface area contributed by atoms with Crippen molar-refractivity contribution in [3.8, 4) is 0 Å². The Hall–Kier alpha value is -2.18. The van der Waals surface area contributed by atoms with E-state index in [0.717, 1.165) is 5.56 Å². The first-order chi connectivity index (χ1) is 11.2. The van der Waals surface area contributed by atoms with Crippen LogP contribution < -0.4 is 5.32 Å². The van der Waals surface area contributed by atoms with Crippen molar-refractivity contribution in [3.05, 3.63) is 59.7 Å². The van der Waals surface area contributed by atoms with Crippen molar-refractivity contribution in [1.82, 2.24) is 4.31 Å². The van der Waals surface area contributed by atoms with E-state index in [-0.39, 0.29) is 16.8 Å². The minimum Gasteiger partial charge on any atom is -0.322 e. The molecule has 0 aliphatic heterocycles. The number of anilines is 1. The van der Waals surface area contributed by atoms with Crippen LogP contribution in [0.3, 0.4) is 0 Å². The zero-order chi connectivity index (χ0) is 17.9. The lowest BCUT2D eigenvalue weighted by Crippen LogP contribution is -2.33. The van der Waals surface area contributed by atoms with E-state index in [0.29, 0.717) is 11.3 Å². The van der Waals surface area contributed by atoms with Crippen molar-refractivity contribution >= 4 is 21.6 Å². The molecule has 0 spiro atoms. The average molecular weight is 346 g/mol. The Labute approximate surface area is 143 Å². The summed E-state index contributed by atoms with van der Waals surface area (Å²) in [4.78, 5) is 12.4. The maximum Gasteiger partial charge on any atom is 0.255 e. The minimum absolute atomic E-state index is 0.140. The molecule has 0 saturated heterocycles. The van der Waals surface area contributed by atoms with Gasteiger partial charge in [0.25, 0.3) is 5.91 Å². The molecule has 2 aromatic carbocycles. The highest BCUT2D eigenvalue weighted by molar-refractivity contribution is 7.89. The van der Waals surface area contributed by atoms with Gasteiger partial charge in [-0.05, 0) is 62.7 Å². The van der Waals surface area contributed by atoms with Crippen molar-refractivity contribution < 1.29 is 13.2 Å². The van der Waals surface area contributed by atoms with Crippen LogP contribution in [0.25, 0.3) is 0 Å². The van der Waals surface area contributed by atoms with Crippen LogP contribution >= 0.6 is 0 Å². The van der Waals surface area contributed by atoms with Crippen LogP contribution in [0.5, 0.6) is 0 Å². The van der Waals surface area contributed by atoms with Gasteiger partial charge in [-0.25, -0.2) is 8.42 Å². The Kier molecular flexibility index (Phi) is 5.41. The van der Waals surface area contributed by atoms with Gasteiger partial charge in [-0.1, -0.05) is 12.1 Å². The molecule has 1 amide bonds. The topological polar surface area (TPSA) is 66.5 Å². The average Bonchev–Trinajstić information content (AvgIpc) is 2.54. The smallest absolute Gasteiger partial charge is 0.255 e. The summed E-state index contributed by atoms with van der Waals surface area (Å²) in [6.45, 7) is 5.56. The number of hydrogen-bond acceptors (Lipinski definition) is 3. The van der Waals surface area contributed by atoms with Gasteiger partial charge in [-0.15, -0.1) is 0 Å². The summed E-state index contributed by atoms with van der Waals surface area (Å²) in [5.41, 5.74) is 2.16. The Morgan fingerprint density at radius 2 is 1.71 bits per heavy atom. The number of aryl methyl sites for hydroxylation is 1. The van der Waals surface area contributed by atoms with Gasteiger partial charge in [0.05, 0.1) is 4.90 Å². The van der Waals surface area contributed by atoms with Crippen molar-refractivity contribution in [1.29, 1.82) is 0 Å². The van der Waals surface area contributed by atoms with E-state index in [9.17, 15) is 13.2 Å². The Bertz CT molecular complexity index is 828. The van der Waals surface area contributed by atoms with Crippen LogP contribution in [-0.4, -0.2) is 31.7 Å². The van der Waals surface area contributed by atoms with Crippen LogP contribution in [0, 0.1) is 6.92 Å². The Morgan fingerprint density at radius 3 is 2.25 bits per heavy atom. The molecule has 0 atom stereocenters. The van der Waals surface area contributed by atoms with Crippen molar-refractivity contribution in [2.45, 2.75) is 31.7 Å². The van der Waals surface area contributed by atoms with Gasteiger partial charge in [0.1, 0.15) is 0 Å². The molecule has 0 radical (unpaired) electrons. The molecule has 0 aliphatic carbocycles. The third kappa shape index (κ3) is 4.01. The molecule has 128 valence electrons. The van der Waals surface area contributed by atoms with Gasteiger partial charge < -0.3 is 5.32 Å². The Morgan fingerprint density at radius 1 is 1.08 bits per heavy atom. The molecule has 2 rings (SSSR count). The summed E-state index contributed by atoms with van der Waals surface area (Å²) >= 11 is 0.